The van der Waals surface area contributed by atoms with Crippen molar-refractivity contribution in [1.82, 2.24) is 10.2 Å². The highest BCUT2D eigenvalue weighted by Gasteiger charge is 2.36. The Hall–Kier alpha value is -2.06. The first kappa shape index (κ1) is 17.8. The third-order valence-electron chi connectivity index (χ3n) is 4.99. The molecule has 0 unspecified atom stereocenters. The molecule has 0 amide bonds. The Balaban J connectivity index is 1.46. The van der Waals surface area contributed by atoms with Crippen LogP contribution in [0.5, 0.6) is 0 Å². The molecule has 0 atom stereocenters. The zero-order valence-electron chi connectivity index (χ0n) is 13.9. The number of benzene rings is 1. The Morgan fingerprint density at radius 1 is 1.40 bits per heavy atom. The van der Waals surface area contributed by atoms with E-state index in [9.17, 15) is 19.3 Å². The monoisotopic (exact) mass is 351 g/mol. The van der Waals surface area contributed by atoms with Crippen LogP contribution in [0.3, 0.4) is 0 Å². The number of hydrogen-bond acceptors (Lipinski definition) is 5. The largest absolute Gasteiger partial charge is 0.480 e. The van der Waals surface area contributed by atoms with E-state index in [2.05, 4.69) is 5.32 Å². The Bertz CT molecular complexity index is 659. The number of nitrogens with zero attached hydrogens (tertiary/aromatic N) is 2. The lowest BCUT2D eigenvalue weighted by Crippen LogP contribution is -2.54. The van der Waals surface area contributed by atoms with Crippen LogP contribution in [0.4, 0.5) is 10.1 Å². The zero-order valence-corrected chi connectivity index (χ0v) is 13.9. The van der Waals surface area contributed by atoms with Crippen molar-refractivity contribution in [3.05, 3.63) is 39.7 Å². The summed E-state index contributed by atoms with van der Waals surface area (Å²) >= 11 is 0. The maximum Gasteiger partial charge on any atom is 0.317 e. The van der Waals surface area contributed by atoms with E-state index < -0.39 is 16.7 Å². The van der Waals surface area contributed by atoms with Crippen LogP contribution in [-0.4, -0.2) is 46.1 Å². The van der Waals surface area contributed by atoms with Crippen molar-refractivity contribution >= 4 is 11.7 Å². The molecule has 0 aliphatic heterocycles. The molecule has 0 spiro atoms. The number of nitro groups is 1. The second kappa shape index (κ2) is 7.45. The minimum absolute atomic E-state index is 0.0743. The van der Waals surface area contributed by atoms with Gasteiger partial charge in [0.2, 0.25) is 0 Å². The third kappa shape index (κ3) is 4.73. The number of non-ortho nitro benzene ring substituents is 1. The van der Waals surface area contributed by atoms with E-state index in [1.165, 1.54) is 25.0 Å². The molecular formula is C17H22FN3O4. The van der Waals surface area contributed by atoms with Crippen LogP contribution in [0.2, 0.25) is 0 Å². The molecule has 1 aromatic rings. The zero-order chi connectivity index (χ0) is 18.0. The summed E-state index contributed by atoms with van der Waals surface area (Å²) < 4.78 is 13.9. The third-order valence-corrected chi connectivity index (χ3v) is 4.99. The lowest BCUT2D eigenvalue weighted by atomic mass is 9.85. The minimum atomic E-state index is -0.801. The molecule has 2 aliphatic carbocycles. The topological polar surface area (TPSA) is 95.7 Å². The van der Waals surface area contributed by atoms with Crippen LogP contribution < -0.4 is 5.32 Å². The lowest BCUT2D eigenvalue weighted by molar-refractivity contribution is -0.385. The van der Waals surface area contributed by atoms with Crippen molar-refractivity contribution < 1.29 is 19.2 Å². The molecule has 0 radical (unpaired) electrons. The van der Waals surface area contributed by atoms with Gasteiger partial charge in [-0.1, -0.05) is 0 Å². The molecule has 2 fully saturated rings. The molecule has 0 heterocycles. The lowest BCUT2D eigenvalue weighted by Gasteiger charge is -2.43. The van der Waals surface area contributed by atoms with E-state index in [0.717, 1.165) is 25.5 Å². The molecule has 2 aliphatic rings. The molecule has 25 heavy (non-hydrogen) atoms. The fourth-order valence-corrected chi connectivity index (χ4v) is 3.25. The molecule has 7 nitrogen and oxygen atoms in total. The van der Waals surface area contributed by atoms with Gasteiger partial charge in [0.25, 0.3) is 5.69 Å². The Kier molecular flexibility index (Phi) is 5.29. The number of carboxylic acid groups (broad SMARTS) is 1. The maximum absolute atomic E-state index is 13.9. The summed E-state index contributed by atoms with van der Waals surface area (Å²) in [6.07, 6.45) is 4.05. The second-order valence-electron chi connectivity index (χ2n) is 7.00. The standard InChI is InChI=1S/C17H22FN3O4/c18-16-7-14(21(24)25)4-3-12(16)8-19-13-5-15(6-13)20(10-17(22)23)9-11-1-2-11/h3-4,7,11,13,15,19H,1-2,5-6,8-10H2,(H,22,23). The molecule has 8 heteroatoms. The van der Waals surface area contributed by atoms with E-state index in [-0.39, 0.29) is 24.3 Å². The molecule has 0 saturated heterocycles. The highest BCUT2D eigenvalue weighted by Crippen LogP contribution is 2.33. The predicted octanol–water partition coefficient (Wildman–Crippen LogP) is 2.15. The van der Waals surface area contributed by atoms with E-state index >= 15 is 0 Å². The van der Waals surface area contributed by atoms with E-state index in [4.69, 9.17) is 5.11 Å². The summed E-state index contributed by atoms with van der Waals surface area (Å²) in [5, 5.41) is 22.9. The van der Waals surface area contributed by atoms with Gasteiger partial charge >= 0.3 is 5.97 Å². The number of carboxylic acids is 1. The van der Waals surface area contributed by atoms with Crippen molar-refractivity contribution in [2.45, 2.75) is 44.3 Å². The highest BCUT2D eigenvalue weighted by molar-refractivity contribution is 5.69. The van der Waals surface area contributed by atoms with Crippen LogP contribution >= 0.6 is 0 Å². The number of carbonyl (C=O) groups is 1. The Morgan fingerprint density at radius 3 is 2.68 bits per heavy atom. The quantitative estimate of drug-likeness (QED) is 0.523. The maximum atomic E-state index is 13.9. The van der Waals surface area contributed by atoms with Crippen molar-refractivity contribution in [2.75, 3.05) is 13.1 Å². The van der Waals surface area contributed by atoms with Crippen LogP contribution in [0, 0.1) is 21.8 Å². The van der Waals surface area contributed by atoms with Crippen LogP contribution in [0.25, 0.3) is 0 Å². The van der Waals surface area contributed by atoms with Gasteiger partial charge in [0.05, 0.1) is 17.5 Å². The minimum Gasteiger partial charge on any atom is -0.480 e. The number of nitrogens with one attached hydrogen (secondary N) is 1. The van der Waals surface area contributed by atoms with Crippen molar-refractivity contribution in [3.8, 4) is 0 Å². The Labute approximate surface area is 145 Å². The first-order valence-corrected chi connectivity index (χ1v) is 8.54. The van der Waals surface area contributed by atoms with Gasteiger partial charge in [0, 0.05) is 36.8 Å². The van der Waals surface area contributed by atoms with Gasteiger partial charge in [-0.15, -0.1) is 0 Å². The number of hydrogen-bond donors (Lipinski definition) is 2. The van der Waals surface area contributed by atoms with Gasteiger partial charge in [0.15, 0.2) is 0 Å². The molecule has 136 valence electrons. The SMILES string of the molecule is O=C(O)CN(CC1CC1)C1CC(NCc2ccc([N+](=O)[O-])cc2F)C1. The molecule has 0 bridgehead atoms. The van der Waals surface area contributed by atoms with Gasteiger partial charge < -0.3 is 10.4 Å². The normalized spacial score (nSPS) is 22.6. The molecule has 0 aromatic heterocycles. The predicted molar refractivity (Wildman–Crippen MR) is 88.6 cm³/mol. The summed E-state index contributed by atoms with van der Waals surface area (Å²) in [6, 6.07) is 4.14. The van der Waals surface area contributed by atoms with E-state index in [0.29, 0.717) is 18.0 Å². The molecule has 3 rings (SSSR count). The summed E-state index contributed by atoms with van der Waals surface area (Å²) in [5.74, 6) is -0.746. The number of halogens is 1. The van der Waals surface area contributed by atoms with Crippen molar-refractivity contribution in [1.29, 1.82) is 0 Å². The van der Waals surface area contributed by atoms with Gasteiger partial charge in [-0.05, 0) is 37.7 Å². The van der Waals surface area contributed by atoms with Crippen molar-refractivity contribution in [2.24, 2.45) is 5.92 Å². The van der Waals surface area contributed by atoms with Gasteiger partial charge in [-0.25, -0.2) is 4.39 Å². The van der Waals surface area contributed by atoms with Crippen LogP contribution in [-0.2, 0) is 11.3 Å². The second-order valence-corrected chi connectivity index (χ2v) is 7.00. The van der Waals surface area contributed by atoms with E-state index in [1.807, 2.05) is 4.90 Å². The van der Waals surface area contributed by atoms with Gasteiger partial charge in [-0.3, -0.25) is 19.8 Å². The van der Waals surface area contributed by atoms with Gasteiger partial charge in [0.1, 0.15) is 5.82 Å². The first-order chi connectivity index (χ1) is 11.9. The molecule has 1 aromatic carbocycles. The summed E-state index contributed by atoms with van der Waals surface area (Å²) in [7, 11) is 0. The fourth-order valence-electron chi connectivity index (χ4n) is 3.25. The molecule has 2 N–H and O–H groups in total. The first-order valence-electron chi connectivity index (χ1n) is 8.54. The number of rotatable bonds is 9. The molecule has 2 saturated carbocycles. The smallest absolute Gasteiger partial charge is 0.317 e. The summed E-state index contributed by atoms with van der Waals surface area (Å²) in [4.78, 5) is 23.1. The number of nitro benzene ring substituents is 1. The summed E-state index contributed by atoms with van der Waals surface area (Å²) in [6.45, 7) is 1.23. The van der Waals surface area contributed by atoms with E-state index in [1.54, 1.807) is 0 Å². The average molecular weight is 351 g/mol. The highest BCUT2D eigenvalue weighted by atomic mass is 19.1. The fraction of sp³-hybridized carbons (Fsp3) is 0.588. The van der Waals surface area contributed by atoms with Gasteiger partial charge in [-0.2, -0.15) is 0 Å². The van der Waals surface area contributed by atoms with Crippen LogP contribution in [0.15, 0.2) is 18.2 Å². The molecular weight excluding hydrogens is 329 g/mol. The summed E-state index contributed by atoms with van der Waals surface area (Å²) in [5.41, 5.74) is 0.142. The van der Waals surface area contributed by atoms with Crippen molar-refractivity contribution in [3.63, 3.8) is 0 Å². The number of aliphatic carboxylic acids is 1. The average Bonchev–Trinajstić information content (AvgIpc) is 3.30. The Morgan fingerprint density at radius 2 is 2.12 bits per heavy atom. The van der Waals surface area contributed by atoms with Crippen LogP contribution in [0.1, 0.15) is 31.2 Å².